The first-order chi connectivity index (χ1) is 9.66. The van der Waals surface area contributed by atoms with Gasteiger partial charge in [-0.3, -0.25) is 5.41 Å². The van der Waals surface area contributed by atoms with Crippen molar-refractivity contribution in [2.24, 2.45) is 16.5 Å². The highest BCUT2D eigenvalue weighted by Gasteiger charge is 2.12. The summed E-state index contributed by atoms with van der Waals surface area (Å²) < 4.78 is 0. The van der Waals surface area contributed by atoms with E-state index in [0.717, 1.165) is 11.3 Å². The molecule has 0 fully saturated rings. The molecule has 0 radical (unpaired) electrons. The first-order valence-corrected chi connectivity index (χ1v) is 6.21. The van der Waals surface area contributed by atoms with Crippen molar-refractivity contribution in [3.8, 4) is 0 Å². The number of nitrogens with zero attached hydrogens (tertiary/aromatic N) is 2. The van der Waals surface area contributed by atoms with Gasteiger partial charge in [0.1, 0.15) is 0 Å². The Morgan fingerprint density at radius 1 is 0.952 bits per heavy atom. The number of rotatable bonds is 3. The fraction of sp³-hybridized carbons (Fsp3) is 0.0667. The van der Waals surface area contributed by atoms with Crippen LogP contribution >= 0.6 is 0 Å². The highest BCUT2D eigenvalue weighted by atomic mass is 16.0. The molecule has 0 aliphatic rings. The Hall–Kier alpha value is -2.86. The zero-order valence-electron chi connectivity index (χ0n) is 11.5. The van der Waals surface area contributed by atoms with Gasteiger partial charge in [0.25, 0.3) is 0 Å². The molecule has 0 aromatic heterocycles. The summed E-state index contributed by atoms with van der Waals surface area (Å²) in [5.74, 6) is -0.107. The topological polar surface area (TPSA) is 123 Å². The summed E-state index contributed by atoms with van der Waals surface area (Å²) in [6, 6.07) is 19.5. The standard InChI is InChI=1S/C15H17N5.H2O/c16-14(17)19-15(18)20(13-9-5-2-6-10-13)11-12-7-3-1-4-8-12;/h1-10H,11H2,(H5,16,17,18,19);1H2. The molecular formula is C15H19N5O. The third-order valence-electron chi connectivity index (χ3n) is 2.74. The minimum atomic E-state index is -0.121. The molecule has 6 heteroatoms. The molecule has 2 aromatic rings. The number of guanidine groups is 2. The number of benzene rings is 2. The van der Waals surface area contributed by atoms with Crippen molar-refractivity contribution in [1.82, 2.24) is 0 Å². The van der Waals surface area contributed by atoms with Crippen LogP contribution in [-0.4, -0.2) is 17.4 Å². The van der Waals surface area contributed by atoms with Crippen LogP contribution in [0.25, 0.3) is 0 Å². The molecule has 21 heavy (non-hydrogen) atoms. The van der Waals surface area contributed by atoms with E-state index in [4.69, 9.17) is 16.9 Å². The van der Waals surface area contributed by atoms with Crippen LogP contribution in [0.1, 0.15) is 5.56 Å². The van der Waals surface area contributed by atoms with Crippen molar-refractivity contribution >= 4 is 17.6 Å². The van der Waals surface area contributed by atoms with Crippen LogP contribution in [-0.2, 0) is 6.54 Å². The minimum absolute atomic E-state index is 0. The van der Waals surface area contributed by atoms with Crippen molar-refractivity contribution < 1.29 is 5.48 Å². The Bertz CT molecular complexity index is 594. The molecule has 0 aliphatic carbocycles. The average Bonchev–Trinajstić information content (AvgIpc) is 2.46. The summed E-state index contributed by atoms with van der Waals surface area (Å²) in [5, 5.41) is 8.04. The molecule has 7 N–H and O–H groups in total. The summed E-state index contributed by atoms with van der Waals surface area (Å²) >= 11 is 0. The summed E-state index contributed by atoms with van der Waals surface area (Å²) in [7, 11) is 0. The molecule has 0 unspecified atom stereocenters. The van der Waals surface area contributed by atoms with Gasteiger partial charge >= 0.3 is 0 Å². The van der Waals surface area contributed by atoms with Crippen LogP contribution in [0.5, 0.6) is 0 Å². The van der Waals surface area contributed by atoms with E-state index in [9.17, 15) is 0 Å². The molecular weight excluding hydrogens is 266 g/mol. The zero-order valence-corrected chi connectivity index (χ0v) is 11.5. The number of para-hydroxylation sites is 1. The zero-order chi connectivity index (χ0) is 14.4. The first-order valence-electron chi connectivity index (χ1n) is 6.21. The molecule has 0 saturated carbocycles. The van der Waals surface area contributed by atoms with Gasteiger partial charge in [0.05, 0.1) is 6.54 Å². The van der Waals surface area contributed by atoms with E-state index in [0.29, 0.717) is 6.54 Å². The quantitative estimate of drug-likeness (QED) is 0.577. The third kappa shape index (κ3) is 4.63. The number of hydrogen-bond donors (Lipinski definition) is 3. The maximum absolute atomic E-state index is 8.04. The molecule has 0 aliphatic heterocycles. The second-order valence-electron chi connectivity index (χ2n) is 4.27. The average molecular weight is 285 g/mol. The van der Waals surface area contributed by atoms with Gasteiger partial charge in [-0.15, -0.1) is 0 Å². The van der Waals surface area contributed by atoms with E-state index in [-0.39, 0.29) is 17.4 Å². The highest BCUT2D eigenvalue weighted by Crippen LogP contribution is 2.17. The van der Waals surface area contributed by atoms with Gasteiger partial charge in [-0.25, -0.2) is 0 Å². The van der Waals surface area contributed by atoms with Crippen LogP contribution < -0.4 is 16.4 Å². The molecule has 2 aromatic carbocycles. The van der Waals surface area contributed by atoms with Crippen LogP contribution in [0.15, 0.2) is 65.7 Å². The van der Waals surface area contributed by atoms with Crippen LogP contribution in [0, 0.1) is 5.41 Å². The van der Waals surface area contributed by atoms with E-state index >= 15 is 0 Å². The Labute approximate surface area is 123 Å². The molecule has 6 nitrogen and oxygen atoms in total. The SMILES string of the molecule is N=C(N=C(N)N)N(Cc1ccccc1)c1ccccc1.O. The van der Waals surface area contributed by atoms with Crippen molar-refractivity contribution in [3.63, 3.8) is 0 Å². The number of anilines is 1. The maximum Gasteiger partial charge on any atom is 0.225 e. The van der Waals surface area contributed by atoms with Crippen LogP contribution in [0.2, 0.25) is 0 Å². The first kappa shape index (κ1) is 16.2. The number of nitrogens with one attached hydrogen (secondary N) is 1. The monoisotopic (exact) mass is 285 g/mol. The van der Waals surface area contributed by atoms with Crippen molar-refractivity contribution in [2.75, 3.05) is 4.90 Å². The second-order valence-corrected chi connectivity index (χ2v) is 4.27. The number of hydrogen-bond acceptors (Lipinski definition) is 1. The van der Waals surface area contributed by atoms with E-state index in [1.165, 1.54) is 0 Å². The van der Waals surface area contributed by atoms with Gasteiger partial charge in [0.2, 0.25) is 5.96 Å². The van der Waals surface area contributed by atoms with Crippen molar-refractivity contribution in [2.45, 2.75) is 6.54 Å². The molecule has 0 amide bonds. The van der Waals surface area contributed by atoms with Crippen LogP contribution in [0.3, 0.4) is 0 Å². The fourth-order valence-electron chi connectivity index (χ4n) is 1.85. The Balaban J connectivity index is 0.00000220. The van der Waals surface area contributed by atoms with Gasteiger partial charge in [0, 0.05) is 5.69 Å². The van der Waals surface area contributed by atoms with E-state index in [2.05, 4.69) is 4.99 Å². The van der Waals surface area contributed by atoms with Gasteiger partial charge in [-0.2, -0.15) is 4.99 Å². The van der Waals surface area contributed by atoms with E-state index in [1.807, 2.05) is 60.7 Å². The third-order valence-corrected chi connectivity index (χ3v) is 2.74. The minimum Gasteiger partial charge on any atom is -0.412 e. The number of nitrogens with two attached hydrogens (primary N) is 2. The molecule has 0 spiro atoms. The van der Waals surface area contributed by atoms with Gasteiger partial charge in [-0.05, 0) is 17.7 Å². The van der Waals surface area contributed by atoms with E-state index in [1.54, 1.807) is 4.90 Å². The van der Waals surface area contributed by atoms with Crippen molar-refractivity contribution in [3.05, 3.63) is 66.2 Å². The molecule has 2 rings (SSSR count). The van der Waals surface area contributed by atoms with E-state index < -0.39 is 0 Å². The summed E-state index contributed by atoms with van der Waals surface area (Å²) in [5.41, 5.74) is 12.7. The number of aliphatic imine (C=N–C) groups is 1. The Morgan fingerprint density at radius 3 is 2.00 bits per heavy atom. The van der Waals surface area contributed by atoms with Crippen LogP contribution in [0.4, 0.5) is 5.69 Å². The summed E-state index contributed by atoms with van der Waals surface area (Å²) in [6.07, 6.45) is 0. The summed E-state index contributed by atoms with van der Waals surface area (Å²) in [6.45, 7) is 0.528. The molecule has 0 heterocycles. The molecule has 110 valence electrons. The lowest BCUT2D eigenvalue weighted by Crippen LogP contribution is -2.32. The predicted molar refractivity (Wildman–Crippen MR) is 86.2 cm³/mol. The fourth-order valence-corrected chi connectivity index (χ4v) is 1.85. The van der Waals surface area contributed by atoms with Gasteiger partial charge in [0.15, 0.2) is 5.96 Å². The van der Waals surface area contributed by atoms with Crippen molar-refractivity contribution in [1.29, 1.82) is 5.41 Å². The predicted octanol–water partition coefficient (Wildman–Crippen LogP) is 1.08. The van der Waals surface area contributed by atoms with Gasteiger partial charge < -0.3 is 21.8 Å². The maximum atomic E-state index is 8.04. The molecule has 0 atom stereocenters. The highest BCUT2D eigenvalue weighted by molar-refractivity contribution is 6.01. The lowest BCUT2D eigenvalue weighted by atomic mass is 10.2. The Kier molecular flexibility index (Phi) is 5.91. The summed E-state index contributed by atoms with van der Waals surface area (Å²) in [4.78, 5) is 5.58. The lowest BCUT2D eigenvalue weighted by Gasteiger charge is -2.23. The molecule has 0 bridgehead atoms. The smallest absolute Gasteiger partial charge is 0.225 e. The largest absolute Gasteiger partial charge is 0.412 e. The normalized spacial score (nSPS) is 9.33. The second kappa shape index (κ2) is 7.66. The Morgan fingerprint density at radius 2 is 1.48 bits per heavy atom. The van der Waals surface area contributed by atoms with Gasteiger partial charge in [-0.1, -0.05) is 48.5 Å². The molecule has 0 saturated heterocycles. The lowest BCUT2D eigenvalue weighted by molar-refractivity contribution is 0.824.